The molecule has 3 N–H and O–H groups in total. The number of hydrogen-bond donors (Lipinski definition) is 3. The second kappa shape index (κ2) is 13.4. The first-order chi connectivity index (χ1) is 18.9. The Hall–Kier alpha value is -3.55. The first-order valence-corrected chi connectivity index (χ1v) is 14.4. The van der Waals surface area contributed by atoms with Crippen molar-refractivity contribution in [3.63, 3.8) is 0 Å². The predicted molar refractivity (Wildman–Crippen MR) is 163 cm³/mol. The molecule has 0 aromatic heterocycles. The zero-order valence-corrected chi connectivity index (χ0v) is 26.4. The van der Waals surface area contributed by atoms with Crippen LogP contribution >= 0.6 is 0 Å². The van der Waals surface area contributed by atoms with Crippen LogP contribution in [0, 0.1) is 0 Å². The summed E-state index contributed by atoms with van der Waals surface area (Å²) in [6, 6.07) is 12.2. The van der Waals surface area contributed by atoms with Gasteiger partial charge >= 0.3 is 6.09 Å². The molecule has 226 valence electrons. The van der Waals surface area contributed by atoms with Crippen LogP contribution in [0.4, 0.5) is 4.79 Å². The molecule has 0 saturated heterocycles. The number of phenolic OH excluding ortho intramolecular Hbond substituents is 1. The van der Waals surface area contributed by atoms with Crippen LogP contribution in [0.1, 0.15) is 98.4 Å². The maximum absolute atomic E-state index is 14.7. The molecular formula is C33H49N3O5. The quantitative estimate of drug-likeness (QED) is 0.323. The maximum Gasteiger partial charge on any atom is 0.408 e. The monoisotopic (exact) mass is 567 g/mol. The maximum atomic E-state index is 14.7. The summed E-state index contributed by atoms with van der Waals surface area (Å²) in [6.07, 6.45) is 0.809. The van der Waals surface area contributed by atoms with Crippen LogP contribution in [0.25, 0.3) is 0 Å². The number of carbonyl (C=O) groups is 3. The lowest BCUT2D eigenvalue weighted by atomic mass is 9.90. The third-order valence-corrected chi connectivity index (χ3v) is 6.83. The Morgan fingerprint density at radius 1 is 0.854 bits per heavy atom. The molecule has 0 heterocycles. The number of rotatable bonds is 10. The van der Waals surface area contributed by atoms with E-state index >= 15 is 0 Å². The fourth-order valence-electron chi connectivity index (χ4n) is 4.42. The van der Waals surface area contributed by atoms with Crippen molar-refractivity contribution in [2.75, 3.05) is 0 Å². The second-order valence-electron chi connectivity index (χ2n) is 13.2. The summed E-state index contributed by atoms with van der Waals surface area (Å²) in [5.74, 6) is -0.624. The molecule has 0 fully saturated rings. The highest BCUT2D eigenvalue weighted by Gasteiger charge is 2.43. The molecule has 0 aliphatic carbocycles. The number of aryl methyl sites for hydroxylation is 1. The minimum atomic E-state index is -1.04. The summed E-state index contributed by atoms with van der Waals surface area (Å²) in [5.41, 5.74) is 0.462. The molecule has 41 heavy (non-hydrogen) atoms. The molecule has 0 aliphatic heterocycles. The summed E-state index contributed by atoms with van der Waals surface area (Å²) >= 11 is 0. The fourth-order valence-corrected chi connectivity index (χ4v) is 4.42. The molecule has 3 amide bonds. The Morgan fingerprint density at radius 2 is 1.39 bits per heavy atom. The molecule has 8 nitrogen and oxygen atoms in total. The van der Waals surface area contributed by atoms with Crippen LogP contribution in [-0.2, 0) is 27.2 Å². The summed E-state index contributed by atoms with van der Waals surface area (Å²) in [6.45, 7) is 18.8. The number of ether oxygens (including phenoxy) is 1. The number of aromatic hydroxyl groups is 1. The van der Waals surface area contributed by atoms with Gasteiger partial charge in [0.05, 0.1) is 0 Å². The Kier molecular flexibility index (Phi) is 11.0. The minimum Gasteiger partial charge on any atom is -0.508 e. The van der Waals surface area contributed by atoms with Gasteiger partial charge in [0, 0.05) is 17.5 Å². The van der Waals surface area contributed by atoms with Gasteiger partial charge in [0.15, 0.2) is 0 Å². The van der Waals surface area contributed by atoms with Crippen molar-refractivity contribution in [1.82, 2.24) is 15.5 Å². The van der Waals surface area contributed by atoms with Gasteiger partial charge in [-0.05, 0) is 97.1 Å². The average molecular weight is 568 g/mol. The molecule has 2 aromatic carbocycles. The van der Waals surface area contributed by atoms with Gasteiger partial charge in [0.1, 0.15) is 23.4 Å². The smallest absolute Gasteiger partial charge is 0.408 e. The topological polar surface area (TPSA) is 108 Å². The third-order valence-electron chi connectivity index (χ3n) is 6.83. The van der Waals surface area contributed by atoms with Crippen LogP contribution in [0.5, 0.6) is 5.75 Å². The number of hydrogen-bond acceptors (Lipinski definition) is 5. The van der Waals surface area contributed by atoms with E-state index in [-0.39, 0.29) is 18.1 Å². The van der Waals surface area contributed by atoms with E-state index < -0.39 is 40.8 Å². The van der Waals surface area contributed by atoms with E-state index in [1.165, 1.54) is 12.1 Å². The number of alkyl carbamates (subject to hydrolysis) is 1. The van der Waals surface area contributed by atoms with Gasteiger partial charge in [-0.2, -0.15) is 0 Å². The number of carbonyl (C=O) groups excluding carboxylic acids is 3. The van der Waals surface area contributed by atoms with E-state index in [0.717, 1.165) is 17.5 Å². The summed E-state index contributed by atoms with van der Waals surface area (Å²) in [4.78, 5) is 43.2. The standard InChI is InChI=1S/C33H49N3O5/c1-11-22-13-17-24(18-14-22)27(28(38)35-31(3,4)5)36(33(9,10)12-2)29(39)26(34-30(40)41-32(6,7)8)21-23-15-19-25(37)20-16-23/h13-20,26-27,37H,11-12,21H2,1-10H3,(H,34,40)(H,35,38). The van der Waals surface area contributed by atoms with Crippen molar-refractivity contribution in [3.05, 3.63) is 65.2 Å². The molecule has 2 atom stereocenters. The van der Waals surface area contributed by atoms with E-state index in [9.17, 15) is 19.5 Å². The van der Waals surface area contributed by atoms with Crippen molar-refractivity contribution in [1.29, 1.82) is 0 Å². The van der Waals surface area contributed by atoms with Crippen LogP contribution in [0.3, 0.4) is 0 Å². The minimum absolute atomic E-state index is 0.0971. The second-order valence-corrected chi connectivity index (χ2v) is 13.2. The molecule has 0 saturated carbocycles. The zero-order valence-electron chi connectivity index (χ0n) is 26.4. The summed E-state index contributed by atoms with van der Waals surface area (Å²) in [5, 5.41) is 15.6. The molecule has 0 radical (unpaired) electrons. The first kappa shape index (κ1) is 33.7. The van der Waals surface area contributed by atoms with E-state index in [1.54, 1.807) is 37.8 Å². The van der Waals surface area contributed by atoms with E-state index in [0.29, 0.717) is 12.0 Å². The van der Waals surface area contributed by atoms with Crippen LogP contribution in [0.15, 0.2) is 48.5 Å². The van der Waals surface area contributed by atoms with Crippen molar-refractivity contribution >= 4 is 17.9 Å². The molecule has 0 spiro atoms. The van der Waals surface area contributed by atoms with Crippen molar-refractivity contribution in [2.24, 2.45) is 0 Å². The molecule has 0 aliphatic rings. The average Bonchev–Trinajstić information content (AvgIpc) is 2.85. The summed E-state index contributed by atoms with van der Waals surface area (Å²) < 4.78 is 5.51. The van der Waals surface area contributed by atoms with Gasteiger partial charge < -0.3 is 25.4 Å². The van der Waals surface area contributed by atoms with Crippen molar-refractivity contribution < 1.29 is 24.2 Å². The zero-order chi connectivity index (χ0) is 31.2. The highest BCUT2D eigenvalue weighted by molar-refractivity contribution is 5.93. The Balaban J connectivity index is 2.69. The number of amides is 3. The fraction of sp³-hybridized carbons (Fsp3) is 0.545. The van der Waals surface area contributed by atoms with Crippen LogP contribution in [-0.4, -0.2) is 50.6 Å². The van der Waals surface area contributed by atoms with Gasteiger partial charge in [-0.1, -0.05) is 50.2 Å². The number of phenols is 1. The normalized spacial score (nSPS) is 13.6. The Bertz CT molecular complexity index is 1180. The van der Waals surface area contributed by atoms with E-state index in [1.807, 2.05) is 65.8 Å². The van der Waals surface area contributed by atoms with Crippen molar-refractivity contribution in [3.8, 4) is 5.75 Å². The lowest BCUT2D eigenvalue weighted by Crippen LogP contribution is -2.60. The lowest BCUT2D eigenvalue weighted by Gasteiger charge is -2.45. The van der Waals surface area contributed by atoms with Gasteiger partial charge in [-0.15, -0.1) is 0 Å². The van der Waals surface area contributed by atoms with E-state index in [4.69, 9.17) is 4.74 Å². The molecule has 2 aromatic rings. The molecule has 8 heteroatoms. The van der Waals surface area contributed by atoms with Gasteiger partial charge in [0.2, 0.25) is 11.8 Å². The first-order valence-electron chi connectivity index (χ1n) is 14.4. The van der Waals surface area contributed by atoms with E-state index in [2.05, 4.69) is 17.6 Å². The van der Waals surface area contributed by atoms with Gasteiger partial charge in [-0.3, -0.25) is 9.59 Å². The SMILES string of the molecule is CCc1ccc(C(C(=O)NC(C)(C)C)N(C(=O)C(Cc2ccc(O)cc2)NC(=O)OC(C)(C)C)C(C)(C)CC)cc1. The van der Waals surface area contributed by atoms with Gasteiger partial charge in [0.25, 0.3) is 0 Å². The Labute approximate surface area is 245 Å². The highest BCUT2D eigenvalue weighted by atomic mass is 16.6. The van der Waals surface area contributed by atoms with Crippen LogP contribution in [0.2, 0.25) is 0 Å². The lowest BCUT2D eigenvalue weighted by molar-refractivity contribution is -0.149. The van der Waals surface area contributed by atoms with Gasteiger partial charge in [-0.25, -0.2) is 4.79 Å². The number of nitrogens with one attached hydrogen (secondary N) is 2. The molecule has 2 unspecified atom stereocenters. The third kappa shape index (κ3) is 10.1. The summed E-state index contributed by atoms with van der Waals surface area (Å²) in [7, 11) is 0. The van der Waals surface area contributed by atoms with Crippen molar-refractivity contribution in [2.45, 2.75) is 117 Å². The largest absolute Gasteiger partial charge is 0.508 e. The van der Waals surface area contributed by atoms with Crippen LogP contribution < -0.4 is 10.6 Å². The number of nitrogens with zero attached hydrogens (tertiary/aromatic N) is 1. The molecular weight excluding hydrogens is 518 g/mol. The highest BCUT2D eigenvalue weighted by Crippen LogP contribution is 2.33. The Morgan fingerprint density at radius 3 is 1.85 bits per heavy atom. The molecule has 2 rings (SSSR count). The predicted octanol–water partition coefficient (Wildman–Crippen LogP) is 6.06. The molecule has 0 bridgehead atoms. The number of benzene rings is 2.